The molecule has 0 unspecified atom stereocenters. The number of rotatable bonds is 5. The number of thioether (sulfide) groups is 1. The maximum absolute atomic E-state index is 11.0. The Morgan fingerprint density at radius 3 is 2.22 bits per heavy atom. The number of hydrogen-bond donors (Lipinski definition) is 0. The van der Waals surface area contributed by atoms with Gasteiger partial charge in [-0.1, -0.05) is 30.0 Å². The van der Waals surface area contributed by atoms with Crippen LogP contribution >= 0.6 is 11.8 Å². The van der Waals surface area contributed by atoms with Gasteiger partial charge in [-0.05, 0) is 68.4 Å². The van der Waals surface area contributed by atoms with E-state index in [-0.39, 0.29) is 62.6 Å². The van der Waals surface area contributed by atoms with E-state index in [1.807, 2.05) is 18.2 Å². The van der Waals surface area contributed by atoms with Gasteiger partial charge in [0.25, 0.3) is 0 Å². The molecule has 27 heavy (non-hydrogen) atoms. The molecule has 1 aromatic heterocycles. The van der Waals surface area contributed by atoms with Crippen molar-refractivity contribution in [3.8, 4) is 5.69 Å². The van der Waals surface area contributed by atoms with Crippen LogP contribution in [0.5, 0.6) is 0 Å². The number of benzene rings is 1. The monoisotopic (exact) mass is 407 g/mol. The minimum Gasteiger partial charge on any atom is -0.549 e. The molecule has 0 atom stereocenters. The van der Waals surface area contributed by atoms with E-state index in [0.29, 0.717) is 5.16 Å². The second-order valence-electron chi connectivity index (χ2n) is 8.34. The first-order valence-electron chi connectivity index (χ1n) is 9.47. The molecular weight excluding hydrogens is 385 g/mol. The first-order chi connectivity index (χ1) is 12.6. The number of hydrogen-bond acceptors (Lipinski definition) is 5. The number of para-hydroxylation sites is 1. The van der Waals surface area contributed by atoms with E-state index in [1.54, 1.807) is 0 Å². The summed E-state index contributed by atoms with van der Waals surface area (Å²) in [6.45, 7) is 0. The zero-order valence-corrected chi connectivity index (χ0v) is 19.6. The molecule has 4 aliphatic carbocycles. The third-order valence-electron chi connectivity index (χ3n) is 6.48. The Bertz CT molecular complexity index is 804. The fourth-order valence-electron chi connectivity index (χ4n) is 6.02. The Morgan fingerprint density at radius 1 is 1.07 bits per heavy atom. The molecule has 4 aliphatic rings. The van der Waals surface area contributed by atoms with Gasteiger partial charge in [-0.25, -0.2) is 0 Å². The fraction of sp³-hybridized carbons (Fsp3) is 0.550. The summed E-state index contributed by atoms with van der Waals surface area (Å²) in [7, 11) is 0. The van der Waals surface area contributed by atoms with E-state index in [2.05, 4.69) is 26.9 Å². The fourth-order valence-corrected chi connectivity index (χ4v) is 6.69. The summed E-state index contributed by atoms with van der Waals surface area (Å²) in [6, 6.07) is 10.1. The van der Waals surface area contributed by atoms with Crippen LogP contribution in [-0.2, 0) is 10.2 Å². The maximum atomic E-state index is 11.0. The van der Waals surface area contributed by atoms with Gasteiger partial charge < -0.3 is 9.90 Å². The molecule has 0 saturated heterocycles. The molecule has 6 rings (SSSR count). The zero-order chi connectivity index (χ0) is 17.7. The molecule has 5 nitrogen and oxygen atoms in total. The van der Waals surface area contributed by atoms with Crippen LogP contribution in [0.25, 0.3) is 5.69 Å². The van der Waals surface area contributed by atoms with Crippen LogP contribution in [0.15, 0.2) is 35.5 Å². The van der Waals surface area contributed by atoms with Crippen molar-refractivity contribution in [1.82, 2.24) is 14.8 Å². The number of carbonyl (C=O) groups is 1. The third kappa shape index (κ3) is 3.71. The summed E-state index contributed by atoms with van der Waals surface area (Å²) in [4.78, 5) is 11.0. The first-order valence-corrected chi connectivity index (χ1v) is 10.5. The minimum absolute atomic E-state index is 0. The van der Waals surface area contributed by atoms with Crippen molar-refractivity contribution >= 4 is 17.7 Å². The van der Waals surface area contributed by atoms with Gasteiger partial charge in [-0.3, -0.25) is 4.57 Å². The molecule has 0 N–H and O–H groups in total. The average molecular weight is 408 g/mol. The van der Waals surface area contributed by atoms with Crippen LogP contribution in [0.4, 0.5) is 0 Å². The number of aromatic nitrogens is 3. The number of carboxylic acid groups (broad SMARTS) is 1. The molecule has 0 spiro atoms. The van der Waals surface area contributed by atoms with Crippen LogP contribution < -0.4 is 56.5 Å². The van der Waals surface area contributed by atoms with Crippen LogP contribution in [0.1, 0.15) is 44.3 Å². The Labute approximate surface area is 206 Å². The van der Waals surface area contributed by atoms with Crippen molar-refractivity contribution in [2.75, 3.05) is 5.75 Å². The van der Waals surface area contributed by atoms with Crippen LogP contribution in [0.3, 0.4) is 0 Å². The first kappa shape index (κ1) is 20.1. The minimum atomic E-state index is -1.08. The van der Waals surface area contributed by atoms with Crippen molar-refractivity contribution in [2.24, 2.45) is 17.8 Å². The summed E-state index contributed by atoms with van der Waals surface area (Å²) in [6.07, 6.45) is 7.75. The van der Waals surface area contributed by atoms with Gasteiger partial charge in [-0.15, -0.1) is 10.2 Å². The van der Waals surface area contributed by atoms with Gasteiger partial charge >= 0.3 is 51.4 Å². The van der Waals surface area contributed by atoms with Gasteiger partial charge in [-0.2, -0.15) is 0 Å². The second-order valence-corrected chi connectivity index (χ2v) is 9.28. The molecule has 0 amide bonds. The summed E-state index contributed by atoms with van der Waals surface area (Å²) in [5.41, 5.74) is 1.13. The normalized spacial score (nSPS) is 30.9. The van der Waals surface area contributed by atoms with E-state index < -0.39 is 5.97 Å². The van der Waals surface area contributed by atoms with Gasteiger partial charge in [0.05, 0.1) is 5.97 Å². The summed E-state index contributed by atoms with van der Waals surface area (Å²) in [5, 5.41) is 20.7. The van der Waals surface area contributed by atoms with Gasteiger partial charge in [0.2, 0.25) is 0 Å². The SMILES string of the molecule is O=C([O-])CSc1nnc(C23CC4CC(CC(C4)C2)C3)n1-c1ccccc1.[K+]. The third-order valence-corrected chi connectivity index (χ3v) is 7.38. The Morgan fingerprint density at radius 2 is 1.67 bits per heavy atom. The van der Waals surface area contributed by atoms with E-state index in [9.17, 15) is 9.90 Å². The standard InChI is InChI=1S/C20H23N3O2S.K/c24-17(25)12-26-19-22-21-18(23(19)16-4-2-1-3-5-16)20-9-13-6-14(10-20)8-15(7-13)11-20;/h1-5,13-15H,6-12H2,(H,24,25);/q;+1/p-1. The number of carbonyl (C=O) groups excluding carboxylic acids is 1. The smallest absolute Gasteiger partial charge is 0.549 e. The van der Waals surface area contributed by atoms with Crippen molar-refractivity contribution < 1.29 is 61.3 Å². The second kappa shape index (κ2) is 7.92. The van der Waals surface area contributed by atoms with Crippen molar-refractivity contribution in [3.05, 3.63) is 36.2 Å². The predicted octanol–water partition coefficient (Wildman–Crippen LogP) is -0.419. The number of aliphatic carboxylic acids is 1. The molecule has 7 heteroatoms. The number of nitrogens with zero attached hydrogens (tertiary/aromatic N) is 3. The Hall–Kier alpha value is -0.184. The van der Waals surface area contributed by atoms with Crippen molar-refractivity contribution in [3.63, 3.8) is 0 Å². The molecule has 0 radical (unpaired) electrons. The quantitative estimate of drug-likeness (QED) is 0.497. The average Bonchev–Trinajstić information content (AvgIpc) is 3.04. The summed E-state index contributed by atoms with van der Waals surface area (Å²) >= 11 is 1.20. The largest absolute Gasteiger partial charge is 1.00 e. The van der Waals surface area contributed by atoms with Crippen LogP contribution in [0.2, 0.25) is 0 Å². The van der Waals surface area contributed by atoms with Crippen molar-refractivity contribution in [2.45, 2.75) is 49.1 Å². The molecule has 4 bridgehead atoms. The van der Waals surface area contributed by atoms with Gasteiger partial charge in [0.15, 0.2) is 5.16 Å². The molecule has 0 aliphatic heterocycles. The maximum Gasteiger partial charge on any atom is 1.00 e. The van der Waals surface area contributed by atoms with E-state index in [1.165, 1.54) is 50.3 Å². The molecule has 4 saturated carbocycles. The summed E-state index contributed by atoms with van der Waals surface area (Å²) in [5.74, 6) is 2.33. The molecule has 136 valence electrons. The zero-order valence-electron chi connectivity index (χ0n) is 15.6. The van der Waals surface area contributed by atoms with E-state index in [4.69, 9.17) is 0 Å². The Balaban J connectivity index is 0.00000180. The molecule has 1 heterocycles. The van der Waals surface area contributed by atoms with Crippen molar-refractivity contribution in [1.29, 1.82) is 0 Å². The molecule has 4 fully saturated rings. The Kier molecular flexibility index (Phi) is 5.89. The molecule has 1 aromatic carbocycles. The topological polar surface area (TPSA) is 70.8 Å². The van der Waals surface area contributed by atoms with Crippen LogP contribution in [0, 0.1) is 17.8 Å². The molecule has 2 aromatic rings. The predicted molar refractivity (Wildman–Crippen MR) is 96.9 cm³/mol. The summed E-state index contributed by atoms with van der Waals surface area (Å²) < 4.78 is 2.11. The van der Waals surface area contributed by atoms with Crippen LogP contribution in [-0.4, -0.2) is 26.5 Å². The van der Waals surface area contributed by atoms with Gasteiger partial charge in [0, 0.05) is 16.9 Å². The van der Waals surface area contributed by atoms with E-state index in [0.717, 1.165) is 29.3 Å². The van der Waals surface area contributed by atoms with Gasteiger partial charge in [0.1, 0.15) is 5.82 Å². The molecular formula is C20H22KN3O2S. The van der Waals surface area contributed by atoms with E-state index >= 15 is 0 Å². The number of carboxylic acids is 1.